The van der Waals surface area contributed by atoms with Gasteiger partial charge in [-0.25, -0.2) is 14.2 Å². The average molecular weight is 333 g/mol. The Morgan fingerprint density at radius 1 is 1.26 bits per heavy atom. The largest absolute Gasteiger partial charge is 0.358 e. The number of aryl methyl sites for hydroxylation is 1. The number of imidazole rings is 1. The molecular weight excluding hydrogens is 320 g/mol. The Hall–Kier alpha value is -2.74. The van der Waals surface area contributed by atoms with Crippen molar-refractivity contribution in [1.82, 2.24) is 24.5 Å². The normalized spacial score (nSPS) is 10.9. The van der Waals surface area contributed by atoms with Crippen LogP contribution in [0.15, 0.2) is 36.7 Å². The smallest absolute Gasteiger partial charge is 0.343 e. The molecule has 118 valence electrons. The number of benzene rings is 1. The minimum Gasteiger partial charge on any atom is -0.358 e. The van der Waals surface area contributed by atoms with Crippen LogP contribution in [-0.4, -0.2) is 29.5 Å². The topological polar surface area (TPSA) is 91.7 Å². The standard InChI is InChI=1S/C14H13ClN6O2/c1-10-16-6-14(21(22)23)20(10)9-13-8-19(18-17-13)7-11-2-4-12(15)5-3-11/h2-6,8H,7,9H2,1H3. The van der Waals surface area contributed by atoms with Gasteiger partial charge in [-0.15, -0.1) is 5.10 Å². The van der Waals surface area contributed by atoms with Crippen LogP contribution >= 0.6 is 11.6 Å². The predicted molar refractivity (Wildman–Crippen MR) is 83.3 cm³/mol. The van der Waals surface area contributed by atoms with E-state index in [1.165, 1.54) is 10.8 Å². The first kappa shape index (κ1) is 15.2. The van der Waals surface area contributed by atoms with Crippen molar-refractivity contribution in [2.45, 2.75) is 20.0 Å². The fourth-order valence-corrected chi connectivity index (χ4v) is 2.35. The molecule has 3 aromatic rings. The molecule has 0 bridgehead atoms. The van der Waals surface area contributed by atoms with Crippen molar-refractivity contribution in [3.63, 3.8) is 0 Å². The summed E-state index contributed by atoms with van der Waals surface area (Å²) in [4.78, 5) is 14.5. The van der Waals surface area contributed by atoms with Crippen LogP contribution in [0.2, 0.25) is 5.02 Å². The van der Waals surface area contributed by atoms with Crippen molar-refractivity contribution in [3.8, 4) is 0 Å². The molecule has 1 aromatic carbocycles. The molecule has 8 nitrogen and oxygen atoms in total. The summed E-state index contributed by atoms with van der Waals surface area (Å²) in [7, 11) is 0. The highest BCUT2D eigenvalue weighted by molar-refractivity contribution is 6.30. The fraction of sp³-hybridized carbons (Fsp3) is 0.214. The number of nitro groups is 1. The molecule has 0 aliphatic rings. The summed E-state index contributed by atoms with van der Waals surface area (Å²) in [5.74, 6) is 0.499. The van der Waals surface area contributed by atoms with Crippen LogP contribution < -0.4 is 0 Å². The van der Waals surface area contributed by atoms with Crippen molar-refractivity contribution in [1.29, 1.82) is 0 Å². The Labute approximate surface area is 136 Å². The molecular formula is C14H13ClN6O2. The average Bonchev–Trinajstić information content (AvgIpc) is 3.10. The number of halogens is 1. The highest BCUT2D eigenvalue weighted by atomic mass is 35.5. The van der Waals surface area contributed by atoms with E-state index in [1.807, 2.05) is 24.3 Å². The van der Waals surface area contributed by atoms with Crippen LogP contribution in [0.3, 0.4) is 0 Å². The lowest BCUT2D eigenvalue weighted by atomic mass is 10.2. The first-order valence-electron chi connectivity index (χ1n) is 6.83. The van der Waals surface area contributed by atoms with E-state index in [1.54, 1.807) is 17.8 Å². The van der Waals surface area contributed by atoms with Gasteiger partial charge in [0.05, 0.1) is 12.7 Å². The Kier molecular flexibility index (Phi) is 4.07. The molecule has 0 unspecified atom stereocenters. The van der Waals surface area contributed by atoms with Crippen molar-refractivity contribution >= 4 is 17.4 Å². The number of rotatable bonds is 5. The molecule has 0 aliphatic heterocycles. The Bertz CT molecular complexity index is 839. The van der Waals surface area contributed by atoms with E-state index in [4.69, 9.17) is 11.6 Å². The third-order valence-corrected chi connectivity index (χ3v) is 3.64. The maximum atomic E-state index is 11.0. The van der Waals surface area contributed by atoms with Crippen molar-refractivity contribution in [2.24, 2.45) is 0 Å². The van der Waals surface area contributed by atoms with Gasteiger partial charge >= 0.3 is 5.82 Å². The second kappa shape index (κ2) is 6.17. The van der Waals surface area contributed by atoms with Crippen LogP contribution in [0.25, 0.3) is 0 Å². The molecule has 2 aromatic heterocycles. The summed E-state index contributed by atoms with van der Waals surface area (Å²) < 4.78 is 3.17. The number of aromatic nitrogens is 5. The lowest BCUT2D eigenvalue weighted by molar-refractivity contribution is -0.392. The van der Waals surface area contributed by atoms with Crippen LogP contribution in [0.5, 0.6) is 0 Å². The lowest BCUT2D eigenvalue weighted by Gasteiger charge is -2.01. The first-order valence-corrected chi connectivity index (χ1v) is 7.20. The number of hydrogen-bond acceptors (Lipinski definition) is 5. The molecule has 0 amide bonds. The van der Waals surface area contributed by atoms with Gasteiger partial charge in [0, 0.05) is 11.9 Å². The van der Waals surface area contributed by atoms with Gasteiger partial charge < -0.3 is 10.1 Å². The van der Waals surface area contributed by atoms with Gasteiger partial charge in [0.1, 0.15) is 18.4 Å². The van der Waals surface area contributed by atoms with Gasteiger partial charge in [-0.05, 0) is 22.6 Å². The van der Waals surface area contributed by atoms with E-state index < -0.39 is 4.92 Å². The highest BCUT2D eigenvalue weighted by Crippen LogP contribution is 2.15. The molecule has 0 aliphatic carbocycles. The van der Waals surface area contributed by atoms with Crippen LogP contribution in [0.4, 0.5) is 5.82 Å². The molecule has 0 radical (unpaired) electrons. The Balaban J connectivity index is 1.76. The lowest BCUT2D eigenvalue weighted by Crippen LogP contribution is -2.06. The van der Waals surface area contributed by atoms with E-state index in [0.717, 1.165) is 5.56 Å². The molecule has 9 heteroatoms. The quantitative estimate of drug-likeness (QED) is 0.528. The third kappa shape index (κ3) is 3.37. The minimum atomic E-state index is -0.460. The van der Waals surface area contributed by atoms with Crippen molar-refractivity contribution < 1.29 is 4.92 Å². The van der Waals surface area contributed by atoms with Gasteiger partial charge in [-0.2, -0.15) is 0 Å². The van der Waals surface area contributed by atoms with Crippen molar-refractivity contribution in [2.75, 3.05) is 0 Å². The molecule has 23 heavy (non-hydrogen) atoms. The van der Waals surface area contributed by atoms with Gasteiger partial charge in [0.25, 0.3) is 0 Å². The molecule has 0 N–H and O–H groups in total. The number of hydrogen-bond donors (Lipinski definition) is 0. The zero-order valence-electron chi connectivity index (χ0n) is 12.3. The van der Waals surface area contributed by atoms with E-state index in [9.17, 15) is 10.1 Å². The predicted octanol–water partition coefficient (Wildman–Crippen LogP) is 2.44. The second-order valence-electron chi connectivity index (χ2n) is 5.04. The minimum absolute atomic E-state index is 0.0604. The van der Waals surface area contributed by atoms with Gasteiger partial charge in [0.15, 0.2) is 5.82 Å². The summed E-state index contributed by atoms with van der Waals surface area (Å²) in [5, 5.41) is 19.8. The van der Waals surface area contributed by atoms with Crippen LogP contribution in [-0.2, 0) is 13.1 Å². The SMILES string of the molecule is Cc1ncc([N+](=O)[O-])n1Cc1cn(Cc2ccc(Cl)cc2)nn1. The van der Waals surface area contributed by atoms with Crippen LogP contribution in [0, 0.1) is 17.0 Å². The molecule has 0 spiro atoms. The van der Waals surface area contributed by atoms with Gasteiger partial charge in [0.2, 0.25) is 0 Å². The van der Waals surface area contributed by atoms with E-state index in [-0.39, 0.29) is 12.4 Å². The van der Waals surface area contributed by atoms with Crippen molar-refractivity contribution in [3.05, 3.63) is 68.9 Å². The van der Waals surface area contributed by atoms with E-state index in [0.29, 0.717) is 23.1 Å². The molecule has 2 heterocycles. The van der Waals surface area contributed by atoms with Gasteiger partial charge in [-0.1, -0.05) is 28.9 Å². The Morgan fingerprint density at radius 3 is 2.70 bits per heavy atom. The summed E-state index contributed by atoms with van der Waals surface area (Å²) in [6.07, 6.45) is 3.01. The molecule has 3 rings (SSSR count). The molecule has 0 fully saturated rings. The van der Waals surface area contributed by atoms with Gasteiger partial charge in [-0.3, -0.25) is 0 Å². The summed E-state index contributed by atoms with van der Waals surface area (Å²) in [6, 6.07) is 7.45. The fourth-order valence-electron chi connectivity index (χ4n) is 2.22. The van der Waals surface area contributed by atoms with E-state index >= 15 is 0 Å². The molecule has 0 atom stereocenters. The Morgan fingerprint density at radius 2 is 2.00 bits per heavy atom. The van der Waals surface area contributed by atoms with E-state index in [2.05, 4.69) is 15.3 Å². The maximum Gasteiger partial charge on any atom is 0.343 e. The summed E-state index contributed by atoms with van der Waals surface area (Å²) in [5.41, 5.74) is 1.67. The third-order valence-electron chi connectivity index (χ3n) is 3.39. The zero-order valence-corrected chi connectivity index (χ0v) is 13.0. The summed E-state index contributed by atoms with van der Waals surface area (Å²) >= 11 is 5.85. The zero-order chi connectivity index (χ0) is 16.4. The maximum absolute atomic E-state index is 11.0. The molecule has 0 saturated heterocycles. The molecule has 0 saturated carbocycles. The summed E-state index contributed by atoms with van der Waals surface area (Å²) in [6.45, 7) is 2.52. The second-order valence-corrected chi connectivity index (χ2v) is 5.48. The first-order chi connectivity index (χ1) is 11.0. The number of nitrogens with zero attached hydrogens (tertiary/aromatic N) is 6. The highest BCUT2D eigenvalue weighted by Gasteiger charge is 2.18. The van der Waals surface area contributed by atoms with Crippen LogP contribution in [0.1, 0.15) is 17.1 Å². The monoisotopic (exact) mass is 332 g/mol.